The maximum Gasteiger partial charge on any atom is 0.247 e. The molecule has 0 radical (unpaired) electrons. The average Bonchev–Trinajstić information content (AvgIpc) is 2.49. The molecule has 1 aromatic heterocycles. The molecule has 1 aromatic rings. The fourth-order valence-electron chi connectivity index (χ4n) is 0.821. The van der Waals surface area contributed by atoms with Crippen molar-refractivity contribution in [1.29, 1.82) is 0 Å². The van der Waals surface area contributed by atoms with Gasteiger partial charge in [0.2, 0.25) is 5.91 Å². The Kier molecular flexibility index (Phi) is 3.27. The van der Waals surface area contributed by atoms with Crippen molar-refractivity contribution in [3.63, 3.8) is 0 Å². The van der Waals surface area contributed by atoms with E-state index in [-0.39, 0.29) is 5.91 Å². The Bertz CT molecular complexity index is 311. The quantitative estimate of drug-likeness (QED) is 0.710. The van der Waals surface area contributed by atoms with Crippen LogP contribution in [0.15, 0.2) is 5.38 Å². The van der Waals surface area contributed by atoms with E-state index < -0.39 is 5.38 Å². The molecule has 0 aliphatic carbocycles. The standard InChI is InChI=1S/C8H11ClN2OS/c1-5-4-13-7(10-5)6(9)8(12)11(2)3/h4,6H,1-3H3. The molecule has 0 spiro atoms. The summed E-state index contributed by atoms with van der Waals surface area (Å²) >= 11 is 7.33. The minimum atomic E-state index is -0.645. The first-order chi connectivity index (χ1) is 6.02. The molecule has 0 aromatic carbocycles. The lowest BCUT2D eigenvalue weighted by Gasteiger charge is -2.12. The van der Waals surface area contributed by atoms with E-state index in [1.807, 2.05) is 12.3 Å². The van der Waals surface area contributed by atoms with Gasteiger partial charge in [0.1, 0.15) is 5.01 Å². The molecule has 0 saturated carbocycles. The van der Waals surface area contributed by atoms with Gasteiger partial charge in [-0.2, -0.15) is 0 Å². The fraction of sp³-hybridized carbons (Fsp3) is 0.500. The maximum atomic E-state index is 11.4. The van der Waals surface area contributed by atoms with Gasteiger partial charge in [0.15, 0.2) is 5.38 Å². The summed E-state index contributed by atoms with van der Waals surface area (Å²) in [6.07, 6.45) is 0. The van der Waals surface area contributed by atoms with Gasteiger partial charge < -0.3 is 4.90 Å². The van der Waals surface area contributed by atoms with Gasteiger partial charge in [-0.1, -0.05) is 0 Å². The summed E-state index contributed by atoms with van der Waals surface area (Å²) in [5.74, 6) is -0.129. The normalized spacial score (nSPS) is 12.6. The molecule has 0 N–H and O–H groups in total. The first-order valence-electron chi connectivity index (χ1n) is 3.79. The molecule has 72 valence electrons. The van der Waals surface area contributed by atoms with Crippen molar-refractivity contribution in [2.24, 2.45) is 0 Å². The van der Waals surface area contributed by atoms with E-state index in [2.05, 4.69) is 4.98 Å². The van der Waals surface area contributed by atoms with Crippen LogP contribution in [0.3, 0.4) is 0 Å². The minimum Gasteiger partial charge on any atom is -0.347 e. The van der Waals surface area contributed by atoms with E-state index in [1.54, 1.807) is 14.1 Å². The molecule has 1 heterocycles. The smallest absolute Gasteiger partial charge is 0.247 e. The van der Waals surface area contributed by atoms with Crippen LogP contribution in [-0.2, 0) is 4.79 Å². The number of carbonyl (C=O) groups is 1. The second-order valence-electron chi connectivity index (χ2n) is 2.92. The first-order valence-corrected chi connectivity index (χ1v) is 5.11. The number of carbonyl (C=O) groups excluding carboxylic acids is 1. The molecule has 5 heteroatoms. The number of rotatable bonds is 2. The maximum absolute atomic E-state index is 11.4. The molecule has 1 unspecified atom stereocenters. The van der Waals surface area contributed by atoms with Crippen molar-refractivity contribution in [1.82, 2.24) is 9.88 Å². The average molecular weight is 219 g/mol. The Morgan fingerprint density at radius 3 is 2.69 bits per heavy atom. The van der Waals surface area contributed by atoms with Crippen LogP contribution in [0.2, 0.25) is 0 Å². The monoisotopic (exact) mass is 218 g/mol. The predicted molar refractivity (Wildman–Crippen MR) is 54.1 cm³/mol. The number of aromatic nitrogens is 1. The highest BCUT2D eigenvalue weighted by Crippen LogP contribution is 2.25. The Hall–Kier alpha value is -0.610. The lowest BCUT2D eigenvalue weighted by atomic mass is 10.4. The van der Waals surface area contributed by atoms with E-state index in [1.165, 1.54) is 16.2 Å². The van der Waals surface area contributed by atoms with Gasteiger partial charge in [0.25, 0.3) is 0 Å². The summed E-state index contributed by atoms with van der Waals surface area (Å²) in [6, 6.07) is 0. The number of nitrogens with zero attached hydrogens (tertiary/aromatic N) is 2. The summed E-state index contributed by atoms with van der Waals surface area (Å²) in [5, 5.41) is 1.90. The SMILES string of the molecule is Cc1csc(C(Cl)C(=O)N(C)C)n1. The van der Waals surface area contributed by atoms with Crippen LogP contribution in [0.25, 0.3) is 0 Å². The van der Waals surface area contributed by atoms with Gasteiger partial charge in [-0.25, -0.2) is 4.98 Å². The van der Waals surface area contributed by atoms with Gasteiger partial charge >= 0.3 is 0 Å². The van der Waals surface area contributed by atoms with Gasteiger partial charge in [0, 0.05) is 25.2 Å². The van der Waals surface area contributed by atoms with Crippen LogP contribution in [0.1, 0.15) is 16.1 Å². The number of amides is 1. The molecular weight excluding hydrogens is 208 g/mol. The van der Waals surface area contributed by atoms with E-state index in [9.17, 15) is 4.79 Å². The van der Waals surface area contributed by atoms with E-state index in [0.29, 0.717) is 5.01 Å². The Morgan fingerprint density at radius 2 is 2.31 bits per heavy atom. The van der Waals surface area contributed by atoms with Crippen LogP contribution in [0.5, 0.6) is 0 Å². The second kappa shape index (κ2) is 4.07. The van der Waals surface area contributed by atoms with Gasteiger partial charge in [-0.15, -0.1) is 22.9 Å². The van der Waals surface area contributed by atoms with Crippen molar-refractivity contribution in [2.45, 2.75) is 12.3 Å². The van der Waals surface area contributed by atoms with Gasteiger partial charge in [-0.05, 0) is 6.92 Å². The lowest BCUT2D eigenvalue weighted by Crippen LogP contribution is -2.25. The van der Waals surface area contributed by atoms with Crippen molar-refractivity contribution < 1.29 is 4.79 Å². The summed E-state index contributed by atoms with van der Waals surface area (Å²) in [4.78, 5) is 17.0. The van der Waals surface area contributed by atoms with Crippen molar-refractivity contribution >= 4 is 28.8 Å². The molecule has 0 aliphatic heterocycles. The van der Waals surface area contributed by atoms with Gasteiger partial charge in [0.05, 0.1) is 0 Å². The van der Waals surface area contributed by atoms with Gasteiger partial charge in [-0.3, -0.25) is 4.79 Å². The second-order valence-corrected chi connectivity index (χ2v) is 4.25. The molecule has 0 saturated heterocycles. The topological polar surface area (TPSA) is 33.2 Å². The Balaban J connectivity index is 2.79. The van der Waals surface area contributed by atoms with Crippen LogP contribution in [0, 0.1) is 6.92 Å². The van der Waals surface area contributed by atoms with Crippen molar-refractivity contribution in [3.8, 4) is 0 Å². The number of alkyl halides is 1. The molecular formula is C8H11ClN2OS. The molecule has 0 aliphatic rings. The highest BCUT2D eigenvalue weighted by molar-refractivity contribution is 7.10. The van der Waals surface area contributed by atoms with Crippen molar-refractivity contribution in [3.05, 3.63) is 16.1 Å². The number of aryl methyl sites for hydroxylation is 1. The number of hydrogen-bond acceptors (Lipinski definition) is 3. The predicted octanol–water partition coefficient (Wildman–Crippen LogP) is 1.82. The summed E-state index contributed by atoms with van der Waals surface area (Å²) < 4.78 is 0. The fourth-order valence-corrected chi connectivity index (χ4v) is 1.98. The lowest BCUT2D eigenvalue weighted by molar-refractivity contribution is -0.128. The minimum absolute atomic E-state index is 0.129. The van der Waals surface area contributed by atoms with Crippen LogP contribution < -0.4 is 0 Å². The third-order valence-corrected chi connectivity index (χ3v) is 3.06. The molecule has 0 fully saturated rings. The zero-order valence-electron chi connectivity index (χ0n) is 7.74. The summed E-state index contributed by atoms with van der Waals surface area (Å²) in [5.41, 5.74) is 0.900. The Morgan fingerprint density at radius 1 is 1.69 bits per heavy atom. The molecule has 0 bridgehead atoms. The molecule has 13 heavy (non-hydrogen) atoms. The van der Waals surface area contributed by atoms with Crippen LogP contribution in [0.4, 0.5) is 0 Å². The molecule has 3 nitrogen and oxygen atoms in total. The highest BCUT2D eigenvalue weighted by atomic mass is 35.5. The highest BCUT2D eigenvalue weighted by Gasteiger charge is 2.21. The number of likely N-dealkylation sites (N-methyl/N-ethyl adjacent to an activating group) is 1. The zero-order valence-corrected chi connectivity index (χ0v) is 9.32. The van der Waals surface area contributed by atoms with E-state index in [4.69, 9.17) is 11.6 Å². The first kappa shape index (κ1) is 10.5. The summed E-state index contributed by atoms with van der Waals surface area (Å²) in [7, 11) is 3.36. The number of hydrogen-bond donors (Lipinski definition) is 0. The number of thiazole rings is 1. The number of halogens is 1. The molecule has 1 rings (SSSR count). The zero-order chi connectivity index (χ0) is 10.0. The van der Waals surface area contributed by atoms with Crippen LogP contribution in [-0.4, -0.2) is 29.9 Å². The third-order valence-electron chi connectivity index (χ3n) is 1.51. The summed E-state index contributed by atoms with van der Waals surface area (Å²) in [6.45, 7) is 1.88. The van der Waals surface area contributed by atoms with E-state index >= 15 is 0 Å². The van der Waals surface area contributed by atoms with E-state index in [0.717, 1.165) is 5.69 Å². The van der Waals surface area contributed by atoms with Crippen molar-refractivity contribution in [2.75, 3.05) is 14.1 Å². The largest absolute Gasteiger partial charge is 0.347 e. The third kappa shape index (κ3) is 2.42. The molecule has 1 amide bonds. The molecule has 1 atom stereocenters. The Labute approximate surface area is 86.3 Å². The van der Waals surface area contributed by atoms with Crippen LogP contribution >= 0.6 is 22.9 Å².